The van der Waals surface area contributed by atoms with Crippen molar-refractivity contribution in [2.24, 2.45) is 0 Å². The van der Waals surface area contributed by atoms with Crippen LogP contribution in [0.5, 0.6) is 5.75 Å². The van der Waals surface area contributed by atoms with Gasteiger partial charge in [0.1, 0.15) is 11.8 Å². The van der Waals surface area contributed by atoms with Gasteiger partial charge in [-0.1, -0.05) is 18.2 Å². The highest BCUT2D eigenvalue weighted by molar-refractivity contribution is 5.84. The lowest BCUT2D eigenvalue weighted by molar-refractivity contribution is -0.121. The Kier molecular flexibility index (Phi) is 5.77. The highest BCUT2D eigenvalue weighted by Crippen LogP contribution is 2.24. The van der Waals surface area contributed by atoms with E-state index in [1.165, 1.54) is 0 Å². The summed E-state index contributed by atoms with van der Waals surface area (Å²) in [4.78, 5) is 11.7. The molecule has 0 aromatic heterocycles. The normalized spacial score (nSPS) is 11.4. The first-order chi connectivity index (χ1) is 8.69. The Morgan fingerprint density at radius 3 is 2.89 bits per heavy atom. The molecule has 1 aromatic carbocycles. The van der Waals surface area contributed by atoms with Gasteiger partial charge in [-0.05, 0) is 26.0 Å². The first kappa shape index (κ1) is 14.1. The minimum Gasteiger partial charge on any atom is -0.492 e. The van der Waals surface area contributed by atoms with E-state index >= 15 is 0 Å². The molecule has 0 aliphatic heterocycles. The van der Waals surface area contributed by atoms with E-state index in [-0.39, 0.29) is 11.9 Å². The van der Waals surface area contributed by atoms with E-state index in [9.17, 15) is 4.79 Å². The van der Waals surface area contributed by atoms with Crippen molar-refractivity contribution in [2.75, 3.05) is 18.5 Å². The van der Waals surface area contributed by atoms with E-state index in [0.29, 0.717) is 13.2 Å². The molecule has 1 aromatic rings. The number of nitrogens with one attached hydrogen (secondary N) is 2. The number of para-hydroxylation sites is 2. The second-order valence-corrected chi connectivity index (χ2v) is 3.83. The third-order valence-corrected chi connectivity index (χ3v) is 2.37. The quantitative estimate of drug-likeness (QED) is 0.727. The molecule has 2 N–H and O–H groups in total. The van der Waals surface area contributed by atoms with Crippen LogP contribution in [0.2, 0.25) is 0 Å². The minimum absolute atomic E-state index is 0.0683. The molecule has 98 valence electrons. The summed E-state index contributed by atoms with van der Waals surface area (Å²) in [7, 11) is 0. The van der Waals surface area contributed by atoms with Crippen LogP contribution in [0.4, 0.5) is 5.69 Å². The van der Waals surface area contributed by atoms with E-state index in [1.807, 2.05) is 31.2 Å². The summed E-state index contributed by atoms with van der Waals surface area (Å²) in [5.41, 5.74) is 0.820. The molecule has 0 aliphatic rings. The molecule has 0 spiro atoms. The van der Waals surface area contributed by atoms with E-state index in [4.69, 9.17) is 4.74 Å². The Bertz CT molecular complexity index is 405. The Balaban J connectivity index is 2.65. The molecule has 1 amide bonds. The predicted octanol–water partition coefficient (Wildman–Crippen LogP) is 2.19. The molecule has 0 heterocycles. The van der Waals surface area contributed by atoms with Gasteiger partial charge >= 0.3 is 0 Å². The number of hydrogen-bond acceptors (Lipinski definition) is 3. The fourth-order valence-electron chi connectivity index (χ4n) is 1.49. The summed E-state index contributed by atoms with van der Waals surface area (Å²) in [5.74, 6) is 0.685. The van der Waals surface area contributed by atoms with E-state index < -0.39 is 0 Å². The largest absolute Gasteiger partial charge is 0.492 e. The lowest BCUT2D eigenvalue weighted by atomic mass is 10.2. The number of amides is 1. The summed E-state index contributed by atoms with van der Waals surface area (Å²) in [6, 6.07) is 7.24. The van der Waals surface area contributed by atoms with E-state index in [2.05, 4.69) is 17.2 Å². The number of anilines is 1. The van der Waals surface area contributed by atoms with Gasteiger partial charge in [0.15, 0.2) is 0 Å². The number of benzene rings is 1. The fraction of sp³-hybridized carbons (Fsp3) is 0.357. The van der Waals surface area contributed by atoms with Gasteiger partial charge in [0.05, 0.1) is 12.3 Å². The Morgan fingerprint density at radius 1 is 1.50 bits per heavy atom. The van der Waals surface area contributed by atoms with Gasteiger partial charge in [-0.15, -0.1) is 6.58 Å². The van der Waals surface area contributed by atoms with Gasteiger partial charge in [0.25, 0.3) is 0 Å². The number of carbonyl (C=O) groups excluding carboxylic acids is 1. The number of carbonyl (C=O) groups is 1. The third-order valence-electron chi connectivity index (χ3n) is 2.37. The van der Waals surface area contributed by atoms with Crippen LogP contribution in [0.15, 0.2) is 36.9 Å². The maximum Gasteiger partial charge on any atom is 0.242 e. The number of rotatable bonds is 7. The van der Waals surface area contributed by atoms with Crippen LogP contribution < -0.4 is 15.4 Å². The Morgan fingerprint density at radius 2 is 2.22 bits per heavy atom. The van der Waals surface area contributed by atoms with Gasteiger partial charge in [-0.2, -0.15) is 0 Å². The molecule has 4 nitrogen and oxygen atoms in total. The topological polar surface area (TPSA) is 50.4 Å². The van der Waals surface area contributed by atoms with Crippen LogP contribution in [0.1, 0.15) is 13.8 Å². The van der Waals surface area contributed by atoms with Gasteiger partial charge in [0, 0.05) is 6.54 Å². The van der Waals surface area contributed by atoms with Crippen LogP contribution in [0, 0.1) is 0 Å². The molecule has 0 radical (unpaired) electrons. The second-order valence-electron chi connectivity index (χ2n) is 3.83. The van der Waals surface area contributed by atoms with Crippen molar-refractivity contribution in [3.8, 4) is 5.75 Å². The van der Waals surface area contributed by atoms with Crippen LogP contribution >= 0.6 is 0 Å². The maximum absolute atomic E-state index is 11.7. The molecular formula is C14H20N2O2. The third kappa shape index (κ3) is 4.13. The van der Waals surface area contributed by atoms with Crippen LogP contribution in [0.3, 0.4) is 0 Å². The zero-order chi connectivity index (χ0) is 13.4. The SMILES string of the molecule is C=CCNC(=O)[C@H](C)Nc1ccccc1OCC. The lowest BCUT2D eigenvalue weighted by Gasteiger charge is -2.17. The molecule has 0 unspecified atom stereocenters. The zero-order valence-electron chi connectivity index (χ0n) is 10.9. The molecule has 0 saturated heterocycles. The smallest absolute Gasteiger partial charge is 0.242 e. The van der Waals surface area contributed by atoms with Crippen LogP contribution in [-0.2, 0) is 4.79 Å². The lowest BCUT2D eigenvalue weighted by Crippen LogP contribution is -2.37. The summed E-state index contributed by atoms with van der Waals surface area (Å²) >= 11 is 0. The Labute approximate surface area is 108 Å². The van der Waals surface area contributed by atoms with E-state index in [1.54, 1.807) is 13.0 Å². The molecule has 4 heteroatoms. The van der Waals surface area contributed by atoms with Crippen molar-refractivity contribution in [2.45, 2.75) is 19.9 Å². The fourth-order valence-corrected chi connectivity index (χ4v) is 1.49. The van der Waals surface area contributed by atoms with Gasteiger partial charge in [0.2, 0.25) is 5.91 Å². The highest BCUT2D eigenvalue weighted by atomic mass is 16.5. The molecule has 0 bridgehead atoms. The Hall–Kier alpha value is -1.97. The predicted molar refractivity (Wildman–Crippen MR) is 73.9 cm³/mol. The molecule has 18 heavy (non-hydrogen) atoms. The average molecular weight is 248 g/mol. The number of ether oxygens (including phenoxy) is 1. The van der Waals surface area contributed by atoms with Gasteiger partial charge in [-0.3, -0.25) is 4.79 Å². The molecule has 0 fully saturated rings. The van der Waals surface area contributed by atoms with E-state index in [0.717, 1.165) is 11.4 Å². The summed E-state index contributed by atoms with van der Waals surface area (Å²) in [6.07, 6.45) is 1.65. The standard InChI is InChI=1S/C14H20N2O2/c1-4-10-15-14(17)11(3)16-12-8-6-7-9-13(12)18-5-2/h4,6-9,11,16H,1,5,10H2,2-3H3,(H,15,17)/t11-/m0/s1. The van der Waals surface area contributed by atoms with Crippen LogP contribution in [-0.4, -0.2) is 25.1 Å². The summed E-state index contributed by atoms with van der Waals surface area (Å²) in [6.45, 7) is 8.36. The number of hydrogen-bond donors (Lipinski definition) is 2. The second kappa shape index (κ2) is 7.37. The monoisotopic (exact) mass is 248 g/mol. The van der Waals surface area contributed by atoms with Crippen molar-refractivity contribution in [1.29, 1.82) is 0 Å². The van der Waals surface area contributed by atoms with Crippen LogP contribution in [0.25, 0.3) is 0 Å². The average Bonchev–Trinajstić information content (AvgIpc) is 2.38. The molecule has 1 atom stereocenters. The van der Waals surface area contributed by atoms with Gasteiger partial charge in [-0.25, -0.2) is 0 Å². The van der Waals surface area contributed by atoms with Crippen molar-refractivity contribution >= 4 is 11.6 Å². The first-order valence-electron chi connectivity index (χ1n) is 6.06. The molecule has 1 rings (SSSR count). The van der Waals surface area contributed by atoms with Crippen molar-refractivity contribution in [1.82, 2.24) is 5.32 Å². The maximum atomic E-state index is 11.7. The first-order valence-corrected chi connectivity index (χ1v) is 6.06. The molecular weight excluding hydrogens is 228 g/mol. The summed E-state index contributed by atoms with van der Waals surface area (Å²) in [5, 5.41) is 5.88. The highest BCUT2D eigenvalue weighted by Gasteiger charge is 2.13. The minimum atomic E-state index is -0.327. The summed E-state index contributed by atoms with van der Waals surface area (Å²) < 4.78 is 5.49. The zero-order valence-corrected chi connectivity index (χ0v) is 10.9. The molecule has 0 saturated carbocycles. The van der Waals surface area contributed by atoms with Crippen molar-refractivity contribution in [3.63, 3.8) is 0 Å². The van der Waals surface area contributed by atoms with Gasteiger partial charge < -0.3 is 15.4 Å². The van der Waals surface area contributed by atoms with Crippen molar-refractivity contribution in [3.05, 3.63) is 36.9 Å². The molecule has 0 aliphatic carbocycles. The van der Waals surface area contributed by atoms with Crippen molar-refractivity contribution < 1.29 is 9.53 Å².